The molecule has 3 fully saturated rings. The van der Waals surface area contributed by atoms with Gasteiger partial charge in [0.25, 0.3) is 0 Å². The van der Waals surface area contributed by atoms with Gasteiger partial charge in [-0.15, -0.1) is 0 Å². The zero-order chi connectivity index (χ0) is 30.2. The summed E-state index contributed by atoms with van der Waals surface area (Å²) in [5, 5.41) is 11.1. The summed E-state index contributed by atoms with van der Waals surface area (Å²) in [4.78, 5) is 62.2. The summed E-state index contributed by atoms with van der Waals surface area (Å²) in [6, 6.07) is 0. The molecule has 3 aliphatic heterocycles. The van der Waals surface area contributed by atoms with E-state index in [0.717, 1.165) is 91.6 Å². The summed E-state index contributed by atoms with van der Waals surface area (Å²) in [6.07, 6.45) is 1.67. The summed E-state index contributed by atoms with van der Waals surface area (Å²) < 4.78 is 0. The zero-order valence-corrected chi connectivity index (χ0v) is 25.9. The number of hydrogen-bond acceptors (Lipinski definition) is 10. The molecule has 0 aromatic carbocycles. The highest BCUT2D eigenvalue weighted by Gasteiger charge is 2.19. The van der Waals surface area contributed by atoms with Crippen LogP contribution in [-0.2, 0) is 19.2 Å². The van der Waals surface area contributed by atoms with E-state index in [0.29, 0.717) is 38.8 Å². The van der Waals surface area contributed by atoms with Gasteiger partial charge in [-0.1, -0.05) is 0 Å². The van der Waals surface area contributed by atoms with Gasteiger partial charge in [-0.25, -0.2) is 0 Å². The molecule has 0 spiro atoms. The van der Waals surface area contributed by atoms with Crippen molar-refractivity contribution in [2.45, 2.75) is 25.7 Å². The van der Waals surface area contributed by atoms with Crippen LogP contribution in [0.3, 0.4) is 0 Å². The molecule has 0 saturated carbocycles. The van der Waals surface area contributed by atoms with E-state index in [1.165, 1.54) is 0 Å². The molecule has 240 valence electrons. The third-order valence-electron chi connectivity index (χ3n) is 8.42. The summed E-state index contributed by atoms with van der Waals surface area (Å²) in [5.41, 5.74) is 0. The molecule has 4 amide bonds. The van der Waals surface area contributed by atoms with E-state index < -0.39 is 0 Å². The SMILES string of the molecule is CN1CCN(CCC(=O)NCNC(=O)CCN2CCN(CCC(=O)NCNC(=O)CCN3CCN(C)CC3)CC2)CC1. The molecule has 0 aliphatic carbocycles. The van der Waals surface area contributed by atoms with Gasteiger partial charge in [0, 0.05) is 130 Å². The topological polar surface area (TPSA) is 136 Å². The maximum atomic E-state index is 12.2. The number of carbonyl (C=O) groups excluding carboxylic acids is 4. The number of nitrogens with zero attached hydrogens (tertiary/aromatic N) is 6. The molecule has 4 N–H and O–H groups in total. The first kappa shape index (κ1) is 34.1. The van der Waals surface area contributed by atoms with Crippen molar-refractivity contribution in [1.82, 2.24) is 50.7 Å². The van der Waals surface area contributed by atoms with E-state index in [-0.39, 0.29) is 37.0 Å². The number of nitrogens with one attached hydrogen (secondary N) is 4. The van der Waals surface area contributed by atoms with E-state index in [9.17, 15) is 19.2 Å². The summed E-state index contributed by atoms with van der Waals surface area (Å²) in [7, 11) is 4.22. The van der Waals surface area contributed by atoms with Gasteiger partial charge in [0.15, 0.2) is 0 Å². The minimum absolute atomic E-state index is 0.0412. The largest absolute Gasteiger partial charge is 0.339 e. The number of carbonyl (C=O) groups is 4. The molecule has 0 aromatic rings. The van der Waals surface area contributed by atoms with Gasteiger partial charge in [-0.2, -0.15) is 0 Å². The molecule has 3 rings (SSSR count). The molecule has 0 aromatic heterocycles. The third kappa shape index (κ3) is 14.2. The highest BCUT2D eigenvalue weighted by Crippen LogP contribution is 2.04. The van der Waals surface area contributed by atoms with E-state index in [2.05, 4.69) is 64.8 Å². The highest BCUT2D eigenvalue weighted by molar-refractivity contribution is 5.79. The van der Waals surface area contributed by atoms with Gasteiger partial charge in [0.2, 0.25) is 23.6 Å². The van der Waals surface area contributed by atoms with Crippen LogP contribution in [0.2, 0.25) is 0 Å². The maximum Gasteiger partial charge on any atom is 0.222 e. The number of piperazine rings is 3. The fourth-order valence-electron chi connectivity index (χ4n) is 5.25. The van der Waals surface area contributed by atoms with Crippen LogP contribution in [0.4, 0.5) is 0 Å². The number of likely N-dealkylation sites (N-methyl/N-ethyl adjacent to an activating group) is 2. The Kier molecular flexibility index (Phi) is 15.5. The van der Waals surface area contributed by atoms with Crippen LogP contribution in [0.1, 0.15) is 25.7 Å². The van der Waals surface area contributed by atoms with Gasteiger partial charge in [-0.05, 0) is 14.1 Å². The molecule has 42 heavy (non-hydrogen) atoms. The number of amides is 4. The van der Waals surface area contributed by atoms with Crippen LogP contribution in [-0.4, -0.2) is 185 Å². The van der Waals surface area contributed by atoms with E-state index >= 15 is 0 Å². The van der Waals surface area contributed by atoms with E-state index in [1.807, 2.05) is 0 Å². The predicted octanol–water partition coefficient (Wildman–Crippen LogP) is -2.96. The molecule has 0 unspecified atom stereocenters. The zero-order valence-electron chi connectivity index (χ0n) is 25.9. The lowest BCUT2D eigenvalue weighted by Gasteiger charge is -2.34. The van der Waals surface area contributed by atoms with Crippen molar-refractivity contribution in [3.8, 4) is 0 Å². The van der Waals surface area contributed by atoms with Crippen molar-refractivity contribution in [3.63, 3.8) is 0 Å². The van der Waals surface area contributed by atoms with Crippen LogP contribution in [0.5, 0.6) is 0 Å². The molecule has 0 bridgehead atoms. The van der Waals surface area contributed by atoms with Crippen molar-refractivity contribution in [3.05, 3.63) is 0 Å². The van der Waals surface area contributed by atoms with Crippen molar-refractivity contribution < 1.29 is 19.2 Å². The Morgan fingerprint density at radius 1 is 0.405 bits per heavy atom. The fraction of sp³-hybridized carbons (Fsp3) is 0.857. The average molecular weight is 595 g/mol. The molecule has 0 radical (unpaired) electrons. The lowest BCUT2D eigenvalue weighted by atomic mass is 10.2. The molecular weight excluding hydrogens is 540 g/mol. The van der Waals surface area contributed by atoms with Crippen LogP contribution in [0.15, 0.2) is 0 Å². The Balaban J connectivity index is 1.12. The maximum absolute atomic E-state index is 12.2. The second-order valence-corrected chi connectivity index (χ2v) is 11.7. The van der Waals surface area contributed by atoms with Crippen molar-refractivity contribution >= 4 is 23.6 Å². The first-order valence-corrected chi connectivity index (χ1v) is 15.6. The normalized spacial score (nSPS) is 20.2. The Hall–Kier alpha value is -2.36. The smallest absolute Gasteiger partial charge is 0.222 e. The highest BCUT2D eigenvalue weighted by atomic mass is 16.2. The second kappa shape index (κ2) is 19.0. The first-order valence-electron chi connectivity index (χ1n) is 15.6. The Morgan fingerprint density at radius 2 is 0.619 bits per heavy atom. The lowest BCUT2D eigenvalue weighted by Crippen LogP contribution is -2.48. The lowest BCUT2D eigenvalue weighted by molar-refractivity contribution is -0.125. The van der Waals surface area contributed by atoms with Crippen LogP contribution < -0.4 is 21.3 Å². The standard InChI is InChI=1S/C28H54N10O4/c1-33-11-15-35(16-12-33)7-3-25(39)29-23-31-27(41)5-9-37-19-21-38(22-20-37)10-6-28(42)32-24-30-26(40)4-8-36-17-13-34(2)14-18-36/h3-24H2,1-2H3,(H,29,39)(H,30,40)(H,31,41)(H,32,42). The molecule has 3 aliphatic rings. The van der Waals surface area contributed by atoms with Gasteiger partial charge >= 0.3 is 0 Å². The average Bonchev–Trinajstić information content (AvgIpc) is 2.99. The molecular formula is C28H54N10O4. The summed E-state index contributed by atoms with van der Waals surface area (Å²) in [5.74, 6) is -0.222. The van der Waals surface area contributed by atoms with Gasteiger partial charge < -0.3 is 50.7 Å². The quantitative estimate of drug-likeness (QED) is 0.137. The Bertz CT molecular complexity index is 771. The summed E-state index contributed by atoms with van der Waals surface area (Å²) in [6.45, 7) is 14.6. The van der Waals surface area contributed by atoms with Crippen molar-refractivity contribution in [2.75, 3.05) is 132 Å². The van der Waals surface area contributed by atoms with Crippen LogP contribution >= 0.6 is 0 Å². The fourth-order valence-corrected chi connectivity index (χ4v) is 5.25. The van der Waals surface area contributed by atoms with Gasteiger partial charge in [0.1, 0.15) is 0 Å². The Morgan fingerprint density at radius 3 is 0.857 bits per heavy atom. The van der Waals surface area contributed by atoms with Crippen molar-refractivity contribution in [1.29, 1.82) is 0 Å². The molecule has 14 nitrogen and oxygen atoms in total. The van der Waals surface area contributed by atoms with Crippen molar-refractivity contribution in [2.24, 2.45) is 0 Å². The minimum Gasteiger partial charge on any atom is -0.339 e. The predicted molar refractivity (Wildman–Crippen MR) is 162 cm³/mol. The Labute approximate surface area is 251 Å². The van der Waals surface area contributed by atoms with Crippen LogP contribution in [0, 0.1) is 0 Å². The minimum atomic E-state index is -0.0695. The molecule has 3 heterocycles. The third-order valence-corrected chi connectivity index (χ3v) is 8.42. The second-order valence-electron chi connectivity index (χ2n) is 11.7. The van der Waals surface area contributed by atoms with Gasteiger partial charge in [-0.3, -0.25) is 19.2 Å². The molecule has 3 saturated heterocycles. The van der Waals surface area contributed by atoms with E-state index in [4.69, 9.17) is 0 Å². The summed E-state index contributed by atoms with van der Waals surface area (Å²) >= 11 is 0. The number of rotatable bonds is 16. The molecule has 0 atom stereocenters. The van der Waals surface area contributed by atoms with Crippen LogP contribution in [0.25, 0.3) is 0 Å². The number of hydrogen-bond donors (Lipinski definition) is 4. The molecule has 14 heteroatoms. The monoisotopic (exact) mass is 594 g/mol. The first-order chi connectivity index (χ1) is 20.3. The van der Waals surface area contributed by atoms with Gasteiger partial charge in [0.05, 0.1) is 13.3 Å². The van der Waals surface area contributed by atoms with E-state index in [1.54, 1.807) is 0 Å².